The Hall–Kier alpha value is -2.60. The molecule has 0 aliphatic carbocycles. The highest BCUT2D eigenvalue weighted by atomic mass is 35.5. The van der Waals surface area contributed by atoms with E-state index >= 15 is 0 Å². The zero-order valence-electron chi connectivity index (χ0n) is 14.0. The van der Waals surface area contributed by atoms with Gasteiger partial charge in [0.15, 0.2) is 0 Å². The van der Waals surface area contributed by atoms with Crippen molar-refractivity contribution >= 4 is 23.3 Å². The number of aromatic nitrogens is 2. The van der Waals surface area contributed by atoms with E-state index in [4.69, 9.17) is 11.6 Å². The van der Waals surface area contributed by atoms with E-state index in [1.807, 2.05) is 22.7 Å². The molecule has 1 aliphatic heterocycles. The van der Waals surface area contributed by atoms with E-state index in [0.29, 0.717) is 18.1 Å². The van der Waals surface area contributed by atoms with Gasteiger partial charge in [0.05, 0.1) is 23.3 Å². The Bertz CT molecular complexity index is 958. The molecular formula is C19H18ClFN4O. The summed E-state index contributed by atoms with van der Waals surface area (Å²) in [6, 6.07) is 9.82. The van der Waals surface area contributed by atoms with Gasteiger partial charge in [0.2, 0.25) is 0 Å². The fourth-order valence-corrected chi connectivity index (χ4v) is 3.61. The van der Waals surface area contributed by atoms with E-state index in [0.717, 1.165) is 29.7 Å². The maximum atomic E-state index is 13.5. The third-order valence-electron chi connectivity index (χ3n) is 4.63. The smallest absolute Gasteiger partial charge is 0.318 e. The zero-order valence-corrected chi connectivity index (χ0v) is 14.8. The van der Waals surface area contributed by atoms with Crippen molar-refractivity contribution in [1.82, 2.24) is 19.6 Å². The number of hydrogen-bond acceptors (Lipinski definition) is 2. The number of carbonyl (C=O) groups excluding carboxylic acids is 1. The number of carbonyl (C=O) groups is 1. The van der Waals surface area contributed by atoms with Gasteiger partial charge in [0, 0.05) is 18.9 Å². The summed E-state index contributed by atoms with van der Waals surface area (Å²) in [4.78, 5) is 18.8. The minimum Gasteiger partial charge on any atom is -0.332 e. The summed E-state index contributed by atoms with van der Waals surface area (Å²) in [6.45, 7) is 0.984. The first-order valence-electron chi connectivity index (χ1n) is 8.53. The zero-order chi connectivity index (χ0) is 18.1. The SMILES string of the molecule is O=C(NCc1cn2cc(Cl)ccc2n1)N1CCCC1c1cccc(F)c1. The number of urea groups is 1. The monoisotopic (exact) mass is 372 g/mol. The molecule has 1 N–H and O–H groups in total. The van der Waals surface area contributed by atoms with Crippen molar-refractivity contribution < 1.29 is 9.18 Å². The van der Waals surface area contributed by atoms with Gasteiger partial charge in [-0.1, -0.05) is 23.7 Å². The summed E-state index contributed by atoms with van der Waals surface area (Å²) in [5.41, 5.74) is 2.36. The maximum Gasteiger partial charge on any atom is 0.318 e. The molecule has 0 radical (unpaired) electrons. The number of hydrogen-bond donors (Lipinski definition) is 1. The van der Waals surface area contributed by atoms with E-state index in [2.05, 4.69) is 10.3 Å². The molecule has 1 atom stereocenters. The molecule has 2 aromatic heterocycles. The van der Waals surface area contributed by atoms with Gasteiger partial charge in [-0.15, -0.1) is 0 Å². The number of amides is 2. The summed E-state index contributed by atoms with van der Waals surface area (Å²) in [5, 5.41) is 3.54. The van der Waals surface area contributed by atoms with Crippen molar-refractivity contribution in [2.75, 3.05) is 6.54 Å². The van der Waals surface area contributed by atoms with Gasteiger partial charge < -0.3 is 14.6 Å². The molecule has 1 fully saturated rings. The first kappa shape index (κ1) is 16.8. The van der Waals surface area contributed by atoms with Crippen LogP contribution in [0.5, 0.6) is 0 Å². The Morgan fingerprint density at radius 3 is 3.04 bits per heavy atom. The van der Waals surface area contributed by atoms with Crippen LogP contribution in [0.1, 0.15) is 30.1 Å². The molecule has 0 saturated carbocycles. The lowest BCUT2D eigenvalue weighted by Gasteiger charge is -2.25. The number of nitrogens with one attached hydrogen (secondary N) is 1. The van der Waals surface area contributed by atoms with Gasteiger partial charge in [-0.3, -0.25) is 0 Å². The molecule has 26 heavy (non-hydrogen) atoms. The molecule has 3 aromatic rings. The number of imidazole rings is 1. The highest BCUT2D eigenvalue weighted by Crippen LogP contribution is 2.32. The van der Waals surface area contributed by atoms with Crippen LogP contribution in [-0.4, -0.2) is 26.9 Å². The number of pyridine rings is 1. The topological polar surface area (TPSA) is 49.6 Å². The van der Waals surface area contributed by atoms with Crippen molar-refractivity contribution in [2.24, 2.45) is 0 Å². The molecule has 1 saturated heterocycles. The number of benzene rings is 1. The van der Waals surface area contributed by atoms with Crippen molar-refractivity contribution in [3.8, 4) is 0 Å². The van der Waals surface area contributed by atoms with Crippen LogP contribution in [0.4, 0.5) is 9.18 Å². The van der Waals surface area contributed by atoms with Crippen molar-refractivity contribution in [2.45, 2.75) is 25.4 Å². The van der Waals surface area contributed by atoms with Crippen LogP contribution in [0.3, 0.4) is 0 Å². The number of likely N-dealkylation sites (tertiary alicyclic amines) is 1. The molecular weight excluding hydrogens is 355 g/mol. The quantitative estimate of drug-likeness (QED) is 0.750. The number of nitrogens with zero attached hydrogens (tertiary/aromatic N) is 3. The van der Waals surface area contributed by atoms with Gasteiger partial charge in [-0.25, -0.2) is 14.2 Å². The van der Waals surface area contributed by atoms with Crippen LogP contribution in [-0.2, 0) is 6.54 Å². The maximum absolute atomic E-state index is 13.5. The van der Waals surface area contributed by atoms with Crippen molar-refractivity contribution in [1.29, 1.82) is 0 Å². The predicted molar refractivity (Wildman–Crippen MR) is 97.5 cm³/mol. The first-order valence-corrected chi connectivity index (χ1v) is 8.91. The molecule has 1 aromatic carbocycles. The van der Waals surface area contributed by atoms with E-state index < -0.39 is 0 Å². The van der Waals surface area contributed by atoms with E-state index in [-0.39, 0.29) is 17.9 Å². The van der Waals surface area contributed by atoms with Gasteiger partial charge >= 0.3 is 6.03 Å². The molecule has 2 amide bonds. The first-order chi connectivity index (χ1) is 12.6. The average Bonchev–Trinajstić information content (AvgIpc) is 3.26. The third-order valence-corrected chi connectivity index (χ3v) is 4.86. The van der Waals surface area contributed by atoms with E-state index in [1.54, 1.807) is 23.2 Å². The second-order valence-electron chi connectivity index (χ2n) is 6.41. The summed E-state index contributed by atoms with van der Waals surface area (Å²) in [5.74, 6) is -0.280. The summed E-state index contributed by atoms with van der Waals surface area (Å²) < 4.78 is 15.3. The third kappa shape index (κ3) is 3.37. The van der Waals surface area contributed by atoms with Crippen LogP contribution >= 0.6 is 11.6 Å². The summed E-state index contributed by atoms with van der Waals surface area (Å²) in [6.07, 6.45) is 5.36. The second-order valence-corrected chi connectivity index (χ2v) is 6.85. The van der Waals surface area contributed by atoms with Crippen LogP contribution in [0.2, 0.25) is 5.02 Å². The van der Waals surface area contributed by atoms with E-state index in [9.17, 15) is 9.18 Å². The lowest BCUT2D eigenvalue weighted by molar-refractivity contribution is 0.192. The van der Waals surface area contributed by atoms with E-state index in [1.165, 1.54) is 12.1 Å². The second kappa shape index (κ2) is 6.96. The van der Waals surface area contributed by atoms with Gasteiger partial charge in [-0.2, -0.15) is 0 Å². The van der Waals surface area contributed by atoms with Gasteiger partial charge in [0.25, 0.3) is 0 Å². The Morgan fingerprint density at radius 2 is 2.19 bits per heavy atom. The Morgan fingerprint density at radius 1 is 1.31 bits per heavy atom. The molecule has 7 heteroatoms. The van der Waals surface area contributed by atoms with Gasteiger partial charge in [0.1, 0.15) is 11.5 Å². The minimum absolute atomic E-state index is 0.0921. The molecule has 1 aliphatic rings. The summed E-state index contributed by atoms with van der Waals surface area (Å²) >= 11 is 5.98. The standard InChI is InChI=1S/C19H18ClFN4O/c20-14-6-7-18-23-16(12-24(18)11-14)10-22-19(26)25-8-2-5-17(25)13-3-1-4-15(21)9-13/h1,3-4,6-7,9,11-12,17H,2,5,8,10H2,(H,22,26). The van der Waals surface area contributed by atoms with Crippen LogP contribution in [0, 0.1) is 5.82 Å². The van der Waals surface area contributed by atoms with Crippen LogP contribution in [0.25, 0.3) is 5.65 Å². The Balaban J connectivity index is 1.45. The van der Waals surface area contributed by atoms with Gasteiger partial charge in [-0.05, 0) is 42.7 Å². The highest BCUT2D eigenvalue weighted by Gasteiger charge is 2.30. The molecule has 3 heterocycles. The molecule has 5 nitrogen and oxygen atoms in total. The molecule has 4 rings (SSSR count). The largest absolute Gasteiger partial charge is 0.332 e. The Labute approximate surface area is 155 Å². The fraction of sp³-hybridized carbons (Fsp3) is 0.263. The number of fused-ring (bicyclic) bond motifs is 1. The molecule has 0 bridgehead atoms. The fourth-order valence-electron chi connectivity index (χ4n) is 3.44. The van der Waals surface area contributed by atoms with Crippen molar-refractivity contribution in [3.05, 3.63) is 70.9 Å². The lowest BCUT2D eigenvalue weighted by atomic mass is 10.0. The molecule has 1 unspecified atom stereocenters. The molecule has 134 valence electrons. The predicted octanol–water partition coefficient (Wildman–Crippen LogP) is 4.17. The number of rotatable bonds is 3. The van der Waals surface area contributed by atoms with Crippen molar-refractivity contribution in [3.63, 3.8) is 0 Å². The Kier molecular flexibility index (Phi) is 4.51. The normalized spacial score (nSPS) is 17.0. The molecule has 0 spiro atoms. The highest BCUT2D eigenvalue weighted by molar-refractivity contribution is 6.30. The average molecular weight is 373 g/mol. The van der Waals surface area contributed by atoms with Crippen LogP contribution < -0.4 is 5.32 Å². The lowest BCUT2D eigenvalue weighted by Crippen LogP contribution is -2.39. The minimum atomic E-state index is -0.280. The number of halogens is 2. The van der Waals surface area contributed by atoms with Crippen LogP contribution in [0.15, 0.2) is 48.8 Å². The summed E-state index contributed by atoms with van der Waals surface area (Å²) in [7, 11) is 0.